The van der Waals surface area contributed by atoms with Crippen LogP contribution in [0, 0.1) is 18.3 Å². The number of aromatic nitrogens is 2. The first-order valence-corrected chi connectivity index (χ1v) is 5.35. The van der Waals surface area contributed by atoms with Crippen molar-refractivity contribution in [2.45, 2.75) is 26.9 Å². The van der Waals surface area contributed by atoms with Crippen molar-refractivity contribution in [3.8, 4) is 6.07 Å². The van der Waals surface area contributed by atoms with Crippen molar-refractivity contribution in [2.24, 2.45) is 7.05 Å². The van der Waals surface area contributed by atoms with Gasteiger partial charge in [-0.2, -0.15) is 10.4 Å². The summed E-state index contributed by atoms with van der Waals surface area (Å²) >= 11 is 0. The van der Waals surface area contributed by atoms with Gasteiger partial charge in [-0.15, -0.1) is 0 Å². The topological polar surface area (TPSA) is 62.9 Å². The van der Waals surface area contributed by atoms with E-state index in [0.29, 0.717) is 18.7 Å². The molecule has 0 radical (unpaired) electrons. The Kier molecular flexibility index (Phi) is 4.32. The average molecular weight is 222 g/mol. The molecule has 0 spiro atoms. The quantitative estimate of drug-likeness (QED) is 0.766. The zero-order valence-corrected chi connectivity index (χ0v) is 10.2. The number of hydrogen-bond donors (Lipinski definition) is 1. The molecule has 0 aliphatic heterocycles. The maximum atomic E-state index is 8.98. The molecule has 88 valence electrons. The normalized spacial score (nSPS) is 10.5. The van der Waals surface area contributed by atoms with Crippen LogP contribution in [0.25, 0.3) is 0 Å². The van der Waals surface area contributed by atoms with Gasteiger partial charge in [0.05, 0.1) is 18.4 Å². The molecule has 0 fully saturated rings. The summed E-state index contributed by atoms with van der Waals surface area (Å²) in [6.07, 6.45) is 0.227. The minimum absolute atomic E-state index is 0.227. The number of hydrogen-bond acceptors (Lipinski definition) is 4. The largest absolute Gasteiger partial charge is 0.377 e. The number of nitriles is 1. The predicted octanol–water partition coefficient (Wildman–Crippen LogP) is 1.44. The zero-order valence-electron chi connectivity index (χ0n) is 10.2. The fourth-order valence-electron chi connectivity index (χ4n) is 1.46. The van der Waals surface area contributed by atoms with Crippen LogP contribution in [0.5, 0.6) is 0 Å². The lowest BCUT2D eigenvalue weighted by molar-refractivity contribution is 0.0870. The molecule has 1 aromatic rings. The van der Waals surface area contributed by atoms with Gasteiger partial charge in [0, 0.05) is 13.6 Å². The summed E-state index contributed by atoms with van der Waals surface area (Å²) in [5, 5.41) is 16.3. The minimum atomic E-state index is 0.227. The van der Waals surface area contributed by atoms with Gasteiger partial charge in [0.2, 0.25) is 0 Å². The van der Waals surface area contributed by atoms with Crippen LogP contribution >= 0.6 is 0 Å². The molecule has 0 amide bonds. The molecule has 0 bridgehead atoms. The van der Waals surface area contributed by atoms with Crippen LogP contribution in [-0.4, -0.2) is 29.0 Å². The van der Waals surface area contributed by atoms with Crippen molar-refractivity contribution in [3.63, 3.8) is 0 Å². The molecule has 0 saturated heterocycles. The number of nitrogens with one attached hydrogen (secondary N) is 1. The summed E-state index contributed by atoms with van der Waals surface area (Å²) in [6, 6.07) is 2.15. The van der Waals surface area contributed by atoms with Gasteiger partial charge >= 0.3 is 0 Å². The van der Waals surface area contributed by atoms with Gasteiger partial charge in [0.1, 0.15) is 17.5 Å². The number of anilines is 1. The van der Waals surface area contributed by atoms with E-state index in [-0.39, 0.29) is 6.10 Å². The smallest absolute Gasteiger partial charge is 0.142 e. The molecule has 0 atom stereocenters. The summed E-state index contributed by atoms with van der Waals surface area (Å²) in [4.78, 5) is 0. The second kappa shape index (κ2) is 5.52. The molecular formula is C11H18N4O. The third kappa shape index (κ3) is 2.97. The Morgan fingerprint density at radius 1 is 1.56 bits per heavy atom. The van der Waals surface area contributed by atoms with Crippen LogP contribution in [0.2, 0.25) is 0 Å². The number of aryl methyl sites for hydroxylation is 2. The van der Waals surface area contributed by atoms with Crippen LogP contribution in [-0.2, 0) is 11.8 Å². The molecule has 1 rings (SSSR count). The van der Waals surface area contributed by atoms with E-state index in [1.165, 1.54) is 0 Å². The van der Waals surface area contributed by atoms with Crippen molar-refractivity contribution in [3.05, 3.63) is 11.3 Å². The maximum Gasteiger partial charge on any atom is 0.142 e. The first kappa shape index (κ1) is 12.5. The van der Waals surface area contributed by atoms with E-state index < -0.39 is 0 Å². The number of rotatable bonds is 5. The van der Waals surface area contributed by atoms with Gasteiger partial charge < -0.3 is 10.1 Å². The Labute approximate surface area is 96.0 Å². The molecule has 0 aliphatic rings. The summed E-state index contributed by atoms with van der Waals surface area (Å²) in [5.74, 6) is 0.757. The van der Waals surface area contributed by atoms with Crippen LogP contribution in [0.3, 0.4) is 0 Å². The van der Waals surface area contributed by atoms with E-state index in [0.717, 1.165) is 11.5 Å². The Morgan fingerprint density at radius 3 is 2.81 bits per heavy atom. The second-order valence-corrected chi connectivity index (χ2v) is 3.89. The van der Waals surface area contributed by atoms with Crippen LogP contribution < -0.4 is 5.32 Å². The fraction of sp³-hybridized carbons (Fsp3) is 0.636. The fourth-order valence-corrected chi connectivity index (χ4v) is 1.46. The lowest BCUT2D eigenvalue weighted by Gasteiger charge is -2.09. The molecule has 0 unspecified atom stereocenters. The van der Waals surface area contributed by atoms with Crippen molar-refractivity contribution < 1.29 is 4.74 Å². The zero-order chi connectivity index (χ0) is 12.1. The van der Waals surface area contributed by atoms with Crippen molar-refractivity contribution >= 4 is 5.82 Å². The van der Waals surface area contributed by atoms with E-state index in [9.17, 15) is 0 Å². The highest BCUT2D eigenvalue weighted by atomic mass is 16.5. The van der Waals surface area contributed by atoms with Crippen LogP contribution in [0.4, 0.5) is 5.82 Å². The SMILES string of the molecule is Cc1nn(C)c(NCCOC(C)C)c1C#N. The Morgan fingerprint density at radius 2 is 2.25 bits per heavy atom. The first-order valence-electron chi connectivity index (χ1n) is 5.35. The van der Waals surface area contributed by atoms with E-state index in [1.54, 1.807) is 4.68 Å². The molecule has 0 aromatic carbocycles. The predicted molar refractivity (Wildman–Crippen MR) is 62.2 cm³/mol. The first-order chi connectivity index (χ1) is 7.56. The Balaban J connectivity index is 2.57. The van der Waals surface area contributed by atoms with E-state index in [1.807, 2.05) is 27.8 Å². The van der Waals surface area contributed by atoms with Gasteiger partial charge in [0.25, 0.3) is 0 Å². The molecule has 1 heterocycles. The van der Waals surface area contributed by atoms with Crippen LogP contribution in [0.15, 0.2) is 0 Å². The monoisotopic (exact) mass is 222 g/mol. The maximum absolute atomic E-state index is 8.98. The van der Waals surface area contributed by atoms with Gasteiger partial charge in [0.15, 0.2) is 0 Å². The summed E-state index contributed by atoms with van der Waals surface area (Å²) in [7, 11) is 1.82. The Bertz CT molecular complexity index is 389. The molecular weight excluding hydrogens is 204 g/mol. The molecule has 0 aliphatic carbocycles. The lowest BCUT2D eigenvalue weighted by atomic mass is 10.2. The van der Waals surface area contributed by atoms with Crippen LogP contribution in [0.1, 0.15) is 25.1 Å². The molecule has 16 heavy (non-hydrogen) atoms. The van der Waals surface area contributed by atoms with E-state index in [2.05, 4.69) is 16.5 Å². The molecule has 1 N–H and O–H groups in total. The highest BCUT2D eigenvalue weighted by molar-refractivity contribution is 5.54. The molecule has 5 nitrogen and oxygen atoms in total. The summed E-state index contributed by atoms with van der Waals surface area (Å²) in [6.45, 7) is 7.11. The van der Waals surface area contributed by atoms with Gasteiger partial charge in [-0.1, -0.05) is 0 Å². The van der Waals surface area contributed by atoms with Gasteiger partial charge in [-0.05, 0) is 20.8 Å². The van der Waals surface area contributed by atoms with E-state index >= 15 is 0 Å². The average Bonchev–Trinajstić information content (AvgIpc) is 2.47. The summed E-state index contributed by atoms with van der Waals surface area (Å²) < 4.78 is 7.09. The van der Waals surface area contributed by atoms with Crippen molar-refractivity contribution in [2.75, 3.05) is 18.5 Å². The van der Waals surface area contributed by atoms with Crippen molar-refractivity contribution in [1.82, 2.24) is 9.78 Å². The number of ether oxygens (including phenoxy) is 1. The highest BCUT2D eigenvalue weighted by Crippen LogP contribution is 2.16. The van der Waals surface area contributed by atoms with Gasteiger partial charge in [-0.3, -0.25) is 4.68 Å². The minimum Gasteiger partial charge on any atom is -0.377 e. The Hall–Kier alpha value is -1.54. The third-order valence-electron chi connectivity index (χ3n) is 2.18. The van der Waals surface area contributed by atoms with Crippen molar-refractivity contribution in [1.29, 1.82) is 5.26 Å². The second-order valence-electron chi connectivity index (χ2n) is 3.89. The number of nitrogens with zero attached hydrogens (tertiary/aromatic N) is 3. The molecule has 0 saturated carbocycles. The highest BCUT2D eigenvalue weighted by Gasteiger charge is 2.11. The lowest BCUT2D eigenvalue weighted by Crippen LogP contribution is -2.15. The standard InChI is InChI=1S/C11H18N4O/c1-8(2)16-6-5-13-11-10(7-12)9(3)14-15(11)4/h8,13H,5-6H2,1-4H3. The third-order valence-corrected chi connectivity index (χ3v) is 2.18. The molecule has 5 heteroatoms. The van der Waals surface area contributed by atoms with E-state index in [4.69, 9.17) is 10.00 Å². The molecule has 1 aromatic heterocycles. The van der Waals surface area contributed by atoms with Gasteiger partial charge in [-0.25, -0.2) is 0 Å². The summed E-state index contributed by atoms with van der Waals surface area (Å²) in [5.41, 5.74) is 1.35.